The Hall–Kier alpha value is -0.410. The molecule has 1 aromatic carbocycles. The number of allylic oxidation sites excluding steroid dienone is 1. The summed E-state index contributed by atoms with van der Waals surface area (Å²) in [5.74, 6) is 0.508. The summed E-state index contributed by atoms with van der Waals surface area (Å²) in [6.07, 6.45) is 2.79. The third-order valence-corrected chi connectivity index (χ3v) is 9.59. The second kappa shape index (κ2) is 7.44. The van der Waals surface area contributed by atoms with Gasteiger partial charge < -0.3 is 9.84 Å². The number of para-hydroxylation sites is 1. The lowest BCUT2D eigenvalue weighted by atomic mass is 9.77. The highest BCUT2D eigenvalue weighted by Gasteiger charge is 2.43. The van der Waals surface area contributed by atoms with E-state index in [4.69, 9.17) is 16.5 Å². The van der Waals surface area contributed by atoms with Crippen LogP contribution in [0.5, 0.6) is 5.75 Å². The van der Waals surface area contributed by atoms with Crippen molar-refractivity contribution < 1.29 is 9.84 Å². The molecule has 0 radical (unpaired) electrons. The molecule has 120 valence electrons. The third kappa shape index (κ3) is 4.11. The Kier molecular flexibility index (Phi) is 6.07. The van der Waals surface area contributed by atoms with Gasteiger partial charge in [-0.1, -0.05) is 24.3 Å². The van der Waals surface area contributed by atoms with E-state index < -0.39 is 11.5 Å². The molecule has 22 heavy (non-hydrogen) atoms. The van der Waals surface area contributed by atoms with Gasteiger partial charge in [0, 0.05) is 0 Å². The zero-order valence-electron chi connectivity index (χ0n) is 13.4. The molecule has 0 saturated heterocycles. The molecule has 1 N–H and O–H groups in total. The molecule has 1 saturated carbocycles. The Labute approximate surface area is 143 Å². The van der Waals surface area contributed by atoms with Gasteiger partial charge in [-0.15, -0.1) is 0 Å². The van der Waals surface area contributed by atoms with Crippen LogP contribution in [0.25, 0.3) is 0 Å². The molecule has 1 unspecified atom stereocenters. The van der Waals surface area contributed by atoms with Crippen LogP contribution in [-0.4, -0.2) is 23.1 Å². The van der Waals surface area contributed by atoms with Gasteiger partial charge in [0.1, 0.15) is 11.4 Å². The maximum Gasteiger partial charge on any atom is 0.287 e. The zero-order chi connectivity index (χ0) is 16.3. The smallest absolute Gasteiger partial charge is 0.287 e. The van der Waals surface area contributed by atoms with Crippen molar-refractivity contribution in [2.24, 2.45) is 5.92 Å². The molecule has 0 bridgehead atoms. The Morgan fingerprint density at radius 1 is 1.50 bits per heavy atom. The average molecular weight is 355 g/mol. The van der Waals surface area contributed by atoms with Crippen LogP contribution in [0.2, 0.25) is 0 Å². The fourth-order valence-electron chi connectivity index (χ4n) is 2.81. The molecule has 5 heteroatoms. The van der Waals surface area contributed by atoms with Crippen molar-refractivity contribution in [2.75, 3.05) is 7.11 Å². The topological polar surface area (TPSA) is 29.5 Å². The Morgan fingerprint density at radius 2 is 2.18 bits per heavy atom. The van der Waals surface area contributed by atoms with Crippen molar-refractivity contribution in [1.82, 2.24) is 0 Å². The molecule has 0 aliphatic heterocycles. The summed E-state index contributed by atoms with van der Waals surface area (Å²) < 4.78 is 5.43. The standard InChI is InChI=1S/C17H24O2PS2/c1-12(2)13-9-10-17(3,18)16(11-13)22-20(21)15-8-6-5-7-14(15)19-4/h5-8,13,16,18H,1,9-11H2,2-4H3/q+1/t13-,16+,17+/m0/s1. The van der Waals surface area contributed by atoms with Gasteiger partial charge in [0.25, 0.3) is 5.90 Å². The minimum Gasteiger partial charge on any atom is -0.492 e. The largest absolute Gasteiger partial charge is 0.492 e. The first kappa shape index (κ1) is 17.9. The summed E-state index contributed by atoms with van der Waals surface area (Å²) in [6.45, 7) is 8.13. The zero-order valence-corrected chi connectivity index (χ0v) is 15.9. The van der Waals surface area contributed by atoms with Gasteiger partial charge in [-0.3, -0.25) is 0 Å². The number of hydrogen-bond acceptors (Lipinski definition) is 4. The molecule has 0 spiro atoms. The average Bonchev–Trinajstić information content (AvgIpc) is 2.48. The van der Waals surface area contributed by atoms with E-state index in [0.717, 1.165) is 30.3 Å². The predicted molar refractivity (Wildman–Crippen MR) is 101 cm³/mol. The van der Waals surface area contributed by atoms with Gasteiger partial charge in [0.15, 0.2) is 17.6 Å². The van der Waals surface area contributed by atoms with Crippen LogP contribution in [0.3, 0.4) is 0 Å². The molecule has 0 amide bonds. The summed E-state index contributed by atoms with van der Waals surface area (Å²) in [5.41, 5.74) is 0.560. The van der Waals surface area contributed by atoms with Crippen molar-refractivity contribution in [3.05, 3.63) is 36.4 Å². The van der Waals surface area contributed by atoms with Gasteiger partial charge in [-0.2, -0.15) is 0 Å². The van der Waals surface area contributed by atoms with E-state index in [1.54, 1.807) is 18.5 Å². The monoisotopic (exact) mass is 355 g/mol. The molecule has 2 nitrogen and oxygen atoms in total. The Bertz CT molecular complexity index is 572. The number of hydrogen-bond donors (Lipinski definition) is 1. The summed E-state index contributed by atoms with van der Waals surface area (Å²) in [4.78, 5) is 0. The summed E-state index contributed by atoms with van der Waals surface area (Å²) in [5, 5.41) is 12.0. The van der Waals surface area contributed by atoms with Crippen LogP contribution in [0, 0.1) is 5.92 Å². The van der Waals surface area contributed by atoms with Crippen LogP contribution in [0.4, 0.5) is 0 Å². The number of benzene rings is 1. The van der Waals surface area contributed by atoms with Crippen LogP contribution >= 0.6 is 17.3 Å². The van der Waals surface area contributed by atoms with E-state index in [0.29, 0.717) is 5.92 Å². The van der Waals surface area contributed by atoms with Crippen molar-refractivity contribution in [2.45, 2.75) is 44.0 Å². The molecule has 4 atom stereocenters. The van der Waals surface area contributed by atoms with E-state index in [1.165, 1.54) is 5.57 Å². The van der Waals surface area contributed by atoms with Crippen molar-refractivity contribution in [3.63, 3.8) is 0 Å². The van der Waals surface area contributed by atoms with Crippen molar-refractivity contribution in [1.29, 1.82) is 0 Å². The third-order valence-electron chi connectivity index (χ3n) is 4.39. The molecule has 1 aliphatic rings. The highest BCUT2D eigenvalue weighted by molar-refractivity contribution is 8.66. The molecule has 2 rings (SSSR count). The minimum atomic E-state index is -0.837. The second-order valence-corrected chi connectivity index (χ2v) is 11.5. The molecule has 0 heterocycles. The normalized spacial score (nSPS) is 29.0. The van der Waals surface area contributed by atoms with E-state index >= 15 is 0 Å². The highest BCUT2D eigenvalue weighted by Crippen LogP contribution is 2.51. The Morgan fingerprint density at radius 3 is 2.82 bits per heavy atom. The first-order chi connectivity index (χ1) is 10.3. The quantitative estimate of drug-likeness (QED) is 0.626. The van der Waals surface area contributed by atoms with E-state index in [2.05, 4.69) is 13.5 Å². The molecule has 1 aliphatic carbocycles. The van der Waals surface area contributed by atoms with Gasteiger partial charge >= 0.3 is 0 Å². The second-order valence-electron chi connectivity index (χ2n) is 6.20. The fourth-order valence-corrected chi connectivity index (χ4v) is 8.19. The van der Waals surface area contributed by atoms with Gasteiger partial charge in [-0.25, -0.2) is 0 Å². The van der Waals surface area contributed by atoms with Crippen LogP contribution in [0.1, 0.15) is 33.1 Å². The summed E-state index contributed by atoms with van der Waals surface area (Å²) in [7, 11) is 1.68. The number of rotatable bonds is 5. The van der Waals surface area contributed by atoms with E-state index in [1.807, 2.05) is 31.2 Å². The van der Waals surface area contributed by atoms with Gasteiger partial charge in [0.2, 0.25) is 5.30 Å². The SMILES string of the molecule is C=C(C)[C@H]1CC[C@@](C)(O)[C@H](S[P+](=S)c2ccccc2OC)C1. The molecule has 0 aromatic heterocycles. The van der Waals surface area contributed by atoms with Gasteiger partial charge in [-0.05, 0) is 51.2 Å². The lowest BCUT2D eigenvalue weighted by molar-refractivity contribution is 0.0198. The lowest BCUT2D eigenvalue weighted by Crippen LogP contribution is -2.42. The maximum atomic E-state index is 10.7. The minimum absolute atomic E-state index is 0.150. The van der Waals surface area contributed by atoms with Gasteiger partial charge in [0.05, 0.1) is 18.0 Å². The maximum absolute atomic E-state index is 10.7. The fraction of sp³-hybridized carbons (Fsp3) is 0.529. The van der Waals surface area contributed by atoms with Crippen molar-refractivity contribution >= 4 is 34.4 Å². The summed E-state index contributed by atoms with van der Waals surface area (Å²) in [6, 6.07) is 7.95. The Balaban J connectivity index is 2.16. The van der Waals surface area contributed by atoms with Crippen LogP contribution < -0.4 is 10.0 Å². The lowest BCUT2D eigenvalue weighted by Gasteiger charge is -2.38. The number of methoxy groups -OCH3 is 1. The first-order valence-electron chi connectivity index (χ1n) is 7.50. The van der Waals surface area contributed by atoms with Crippen LogP contribution in [0.15, 0.2) is 36.4 Å². The van der Waals surface area contributed by atoms with E-state index in [9.17, 15) is 5.11 Å². The number of aliphatic hydroxyl groups is 1. The molecule has 1 aromatic rings. The van der Waals surface area contributed by atoms with Crippen molar-refractivity contribution in [3.8, 4) is 5.75 Å². The molecule has 1 fully saturated rings. The predicted octanol–water partition coefficient (Wildman–Crippen LogP) is 4.41. The number of ether oxygens (including phenoxy) is 1. The van der Waals surface area contributed by atoms with Crippen LogP contribution in [-0.2, 0) is 11.8 Å². The molecular weight excluding hydrogens is 331 g/mol. The first-order valence-corrected chi connectivity index (χ1v) is 11.3. The summed E-state index contributed by atoms with van der Waals surface area (Å²) >= 11 is 7.50. The molecular formula is C17H24O2PS2+. The highest BCUT2D eigenvalue weighted by atomic mass is 32.9. The van der Waals surface area contributed by atoms with E-state index in [-0.39, 0.29) is 5.25 Å².